The highest BCUT2D eigenvalue weighted by atomic mass is 16.2. The van der Waals surface area contributed by atoms with Crippen molar-refractivity contribution in [3.8, 4) is 0 Å². The van der Waals surface area contributed by atoms with Gasteiger partial charge in [0.05, 0.1) is 0 Å². The number of allylic oxidation sites excluding steroid dienone is 1. The van der Waals surface area contributed by atoms with Crippen LogP contribution >= 0.6 is 0 Å². The molecule has 0 aromatic rings. The number of rotatable bonds is 4. The SMILES string of the molecule is CCCCN(C)C(=O)N/C=C/C(C)(C)C. The van der Waals surface area contributed by atoms with Gasteiger partial charge in [0.15, 0.2) is 0 Å². The summed E-state index contributed by atoms with van der Waals surface area (Å²) in [5.41, 5.74) is 0.106. The summed E-state index contributed by atoms with van der Waals surface area (Å²) in [6.45, 7) is 9.21. The highest BCUT2D eigenvalue weighted by molar-refractivity contribution is 5.74. The molecule has 0 rings (SSSR count). The molecule has 0 unspecified atom stereocenters. The van der Waals surface area contributed by atoms with Crippen molar-refractivity contribution in [2.45, 2.75) is 40.5 Å². The minimum atomic E-state index is -0.0380. The predicted octanol–water partition coefficient (Wildman–Crippen LogP) is 2.99. The van der Waals surface area contributed by atoms with E-state index in [4.69, 9.17) is 0 Å². The van der Waals surface area contributed by atoms with E-state index in [0.717, 1.165) is 19.4 Å². The molecule has 0 aliphatic rings. The zero-order valence-electron chi connectivity index (χ0n) is 10.6. The summed E-state index contributed by atoms with van der Waals surface area (Å²) in [6, 6.07) is -0.0380. The van der Waals surface area contributed by atoms with E-state index in [1.165, 1.54) is 0 Å². The van der Waals surface area contributed by atoms with Gasteiger partial charge in [-0.15, -0.1) is 0 Å². The number of hydrogen-bond donors (Lipinski definition) is 1. The Balaban J connectivity index is 3.88. The zero-order valence-corrected chi connectivity index (χ0v) is 10.6. The van der Waals surface area contributed by atoms with Crippen LogP contribution in [-0.4, -0.2) is 24.5 Å². The second kappa shape index (κ2) is 6.49. The van der Waals surface area contributed by atoms with Crippen molar-refractivity contribution in [1.29, 1.82) is 0 Å². The summed E-state index contributed by atoms with van der Waals surface area (Å²) in [6.07, 6.45) is 5.87. The molecule has 0 saturated carbocycles. The van der Waals surface area contributed by atoms with Crippen LogP contribution in [0.1, 0.15) is 40.5 Å². The Hall–Kier alpha value is -0.990. The van der Waals surface area contributed by atoms with Crippen LogP contribution in [0.15, 0.2) is 12.3 Å². The first-order valence-corrected chi connectivity index (χ1v) is 5.56. The molecule has 0 aromatic heterocycles. The molecule has 0 aromatic carbocycles. The fraction of sp³-hybridized carbons (Fsp3) is 0.750. The standard InChI is InChI=1S/C12H24N2O/c1-6-7-10-14(5)11(15)13-9-8-12(2,3)4/h8-9H,6-7,10H2,1-5H3,(H,13,15)/b9-8+. The largest absolute Gasteiger partial charge is 0.328 e. The maximum absolute atomic E-state index is 11.5. The maximum Gasteiger partial charge on any atom is 0.321 e. The van der Waals surface area contributed by atoms with Gasteiger partial charge in [-0.05, 0) is 11.8 Å². The Labute approximate surface area is 93.5 Å². The third-order valence-electron chi connectivity index (χ3n) is 1.98. The quantitative estimate of drug-likeness (QED) is 0.763. The van der Waals surface area contributed by atoms with Crippen LogP contribution in [-0.2, 0) is 0 Å². The predicted molar refractivity (Wildman–Crippen MR) is 64.7 cm³/mol. The summed E-state index contributed by atoms with van der Waals surface area (Å²) in [5, 5.41) is 2.75. The number of hydrogen-bond acceptors (Lipinski definition) is 1. The maximum atomic E-state index is 11.5. The molecule has 3 heteroatoms. The number of amides is 2. The van der Waals surface area contributed by atoms with Crippen LogP contribution < -0.4 is 5.32 Å². The minimum absolute atomic E-state index is 0.0380. The lowest BCUT2D eigenvalue weighted by molar-refractivity contribution is 0.212. The van der Waals surface area contributed by atoms with E-state index in [1.807, 2.05) is 13.1 Å². The monoisotopic (exact) mass is 212 g/mol. The van der Waals surface area contributed by atoms with E-state index in [1.54, 1.807) is 11.1 Å². The molecule has 2 amide bonds. The third-order valence-corrected chi connectivity index (χ3v) is 1.98. The van der Waals surface area contributed by atoms with Gasteiger partial charge in [0.2, 0.25) is 0 Å². The number of carbonyl (C=O) groups is 1. The topological polar surface area (TPSA) is 32.3 Å². The molecule has 0 bridgehead atoms. The van der Waals surface area contributed by atoms with Crippen molar-refractivity contribution < 1.29 is 4.79 Å². The molecule has 3 nitrogen and oxygen atoms in total. The normalized spacial score (nSPS) is 11.8. The van der Waals surface area contributed by atoms with E-state index < -0.39 is 0 Å². The van der Waals surface area contributed by atoms with Gasteiger partial charge in [-0.1, -0.05) is 40.2 Å². The molecular weight excluding hydrogens is 188 g/mol. The smallest absolute Gasteiger partial charge is 0.321 e. The van der Waals surface area contributed by atoms with Crippen LogP contribution in [0.3, 0.4) is 0 Å². The van der Waals surface area contributed by atoms with Crippen molar-refractivity contribution in [3.63, 3.8) is 0 Å². The van der Waals surface area contributed by atoms with Gasteiger partial charge in [0.1, 0.15) is 0 Å². The van der Waals surface area contributed by atoms with Crippen molar-refractivity contribution in [2.75, 3.05) is 13.6 Å². The summed E-state index contributed by atoms with van der Waals surface area (Å²) >= 11 is 0. The van der Waals surface area contributed by atoms with Crippen LogP contribution in [0, 0.1) is 5.41 Å². The van der Waals surface area contributed by atoms with Gasteiger partial charge in [-0.3, -0.25) is 0 Å². The van der Waals surface area contributed by atoms with E-state index in [2.05, 4.69) is 33.0 Å². The molecule has 1 N–H and O–H groups in total. The van der Waals surface area contributed by atoms with Gasteiger partial charge in [-0.2, -0.15) is 0 Å². The molecule has 0 aliphatic heterocycles. The molecule has 88 valence electrons. The molecule has 0 fully saturated rings. The minimum Gasteiger partial charge on any atom is -0.328 e. The van der Waals surface area contributed by atoms with Crippen LogP contribution in [0.5, 0.6) is 0 Å². The molecular formula is C12H24N2O. The number of nitrogens with zero attached hydrogens (tertiary/aromatic N) is 1. The number of nitrogens with one attached hydrogen (secondary N) is 1. The number of urea groups is 1. The first-order chi connectivity index (χ1) is 6.87. The summed E-state index contributed by atoms with van der Waals surface area (Å²) < 4.78 is 0. The fourth-order valence-corrected chi connectivity index (χ4v) is 0.970. The average Bonchev–Trinajstić information content (AvgIpc) is 2.11. The van der Waals surface area contributed by atoms with E-state index in [9.17, 15) is 4.79 Å². The summed E-state index contributed by atoms with van der Waals surface area (Å²) in [5.74, 6) is 0. The Morgan fingerprint density at radius 3 is 2.47 bits per heavy atom. The molecule has 0 spiro atoms. The van der Waals surface area contributed by atoms with Gasteiger partial charge in [0, 0.05) is 19.8 Å². The van der Waals surface area contributed by atoms with Crippen molar-refractivity contribution in [3.05, 3.63) is 12.3 Å². The first kappa shape index (κ1) is 14.0. The van der Waals surface area contributed by atoms with E-state index in [0.29, 0.717) is 0 Å². The first-order valence-electron chi connectivity index (χ1n) is 5.56. The lowest BCUT2D eigenvalue weighted by Crippen LogP contribution is -2.35. The average molecular weight is 212 g/mol. The summed E-state index contributed by atoms with van der Waals surface area (Å²) in [7, 11) is 1.82. The lowest BCUT2D eigenvalue weighted by atomic mass is 9.97. The molecule has 15 heavy (non-hydrogen) atoms. The second-order valence-corrected chi connectivity index (χ2v) is 4.92. The molecule has 0 heterocycles. The third kappa shape index (κ3) is 8.03. The lowest BCUT2D eigenvalue weighted by Gasteiger charge is -2.17. The zero-order chi connectivity index (χ0) is 11.9. The summed E-state index contributed by atoms with van der Waals surface area (Å²) in [4.78, 5) is 13.2. The second-order valence-electron chi connectivity index (χ2n) is 4.92. The molecule has 0 atom stereocenters. The molecule has 0 radical (unpaired) electrons. The van der Waals surface area contributed by atoms with E-state index in [-0.39, 0.29) is 11.4 Å². The number of unbranched alkanes of at least 4 members (excludes halogenated alkanes) is 1. The Kier molecular flexibility index (Phi) is 6.06. The van der Waals surface area contributed by atoms with Crippen LogP contribution in [0.25, 0.3) is 0 Å². The number of carbonyl (C=O) groups excluding carboxylic acids is 1. The van der Waals surface area contributed by atoms with Gasteiger partial charge >= 0.3 is 6.03 Å². The molecule has 0 saturated heterocycles. The van der Waals surface area contributed by atoms with Gasteiger partial charge in [0.25, 0.3) is 0 Å². The van der Waals surface area contributed by atoms with Crippen LogP contribution in [0.4, 0.5) is 4.79 Å². The van der Waals surface area contributed by atoms with Crippen molar-refractivity contribution in [1.82, 2.24) is 10.2 Å². The van der Waals surface area contributed by atoms with Crippen molar-refractivity contribution >= 4 is 6.03 Å². The molecule has 0 aliphatic carbocycles. The van der Waals surface area contributed by atoms with Gasteiger partial charge < -0.3 is 10.2 Å². The fourth-order valence-electron chi connectivity index (χ4n) is 0.970. The Morgan fingerprint density at radius 1 is 1.40 bits per heavy atom. The Bertz CT molecular complexity index is 216. The van der Waals surface area contributed by atoms with E-state index >= 15 is 0 Å². The van der Waals surface area contributed by atoms with Crippen molar-refractivity contribution in [2.24, 2.45) is 5.41 Å². The van der Waals surface area contributed by atoms with Gasteiger partial charge in [-0.25, -0.2) is 4.79 Å². The highest BCUT2D eigenvalue weighted by Crippen LogP contribution is 2.13. The van der Waals surface area contributed by atoms with Crippen LogP contribution in [0.2, 0.25) is 0 Å². The Morgan fingerprint density at radius 2 is 2.00 bits per heavy atom. The highest BCUT2D eigenvalue weighted by Gasteiger charge is 2.06.